The molecule has 2 atom stereocenters. The number of halogens is 1. The largest absolute Gasteiger partial charge is 0.0993 e. The molecule has 2 heteroatoms. The second-order valence-electron chi connectivity index (χ2n) is 4.69. The molecule has 98 valence electrons. The molecular formula is C16H21ClS. The van der Waals surface area contributed by atoms with Gasteiger partial charge in [0.2, 0.25) is 0 Å². The third kappa shape index (κ3) is 4.91. The van der Waals surface area contributed by atoms with E-state index in [4.69, 9.17) is 11.6 Å². The Labute approximate surface area is 120 Å². The van der Waals surface area contributed by atoms with Crippen molar-refractivity contribution in [3.8, 4) is 0 Å². The fourth-order valence-electron chi connectivity index (χ4n) is 1.97. The van der Waals surface area contributed by atoms with Crippen molar-refractivity contribution < 1.29 is 0 Å². The fourth-order valence-corrected chi connectivity index (χ4v) is 2.58. The first kappa shape index (κ1) is 15.4. The molecule has 0 aliphatic heterocycles. The zero-order chi connectivity index (χ0) is 13.5. The van der Waals surface area contributed by atoms with Gasteiger partial charge in [0, 0.05) is 9.92 Å². The van der Waals surface area contributed by atoms with E-state index < -0.39 is 0 Å². The molecule has 1 aromatic carbocycles. The van der Waals surface area contributed by atoms with Crippen LogP contribution < -0.4 is 0 Å². The minimum Gasteiger partial charge on any atom is -0.0993 e. The number of allylic oxidation sites excluding steroid dienone is 1. The number of hydrogen-bond donors (Lipinski definition) is 0. The Morgan fingerprint density at radius 1 is 1.17 bits per heavy atom. The highest BCUT2D eigenvalue weighted by Crippen LogP contribution is 2.33. The summed E-state index contributed by atoms with van der Waals surface area (Å²) < 4.78 is 0. The highest BCUT2D eigenvalue weighted by molar-refractivity contribution is 8.02. The Balaban J connectivity index is 0.000000184. The van der Waals surface area contributed by atoms with Gasteiger partial charge in [0.25, 0.3) is 0 Å². The molecule has 1 saturated carbocycles. The van der Waals surface area contributed by atoms with Gasteiger partial charge < -0.3 is 0 Å². The molecule has 1 aliphatic carbocycles. The molecule has 0 spiro atoms. The molecule has 0 N–H and O–H groups in total. The van der Waals surface area contributed by atoms with Crippen LogP contribution in [0.5, 0.6) is 0 Å². The van der Waals surface area contributed by atoms with Gasteiger partial charge in [-0.15, -0.1) is 0 Å². The third-order valence-electron chi connectivity index (χ3n) is 3.33. The van der Waals surface area contributed by atoms with Crippen molar-refractivity contribution in [2.24, 2.45) is 11.8 Å². The van der Waals surface area contributed by atoms with Crippen LogP contribution in [0.2, 0.25) is 5.02 Å². The van der Waals surface area contributed by atoms with Crippen LogP contribution in [-0.4, -0.2) is 0 Å². The Morgan fingerprint density at radius 3 is 2.00 bits per heavy atom. The summed E-state index contributed by atoms with van der Waals surface area (Å²) in [6.07, 6.45) is 2.72. The van der Waals surface area contributed by atoms with Gasteiger partial charge in [-0.1, -0.05) is 55.9 Å². The summed E-state index contributed by atoms with van der Waals surface area (Å²) >= 11 is 7.27. The van der Waals surface area contributed by atoms with E-state index in [1.807, 2.05) is 24.3 Å². The predicted octanol–water partition coefficient (Wildman–Crippen LogP) is 6.18. The lowest BCUT2D eigenvalue weighted by Gasteiger charge is -2.03. The highest BCUT2D eigenvalue weighted by Gasteiger charge is 2.20. The van der Waals surface area contributed by atoms with Crippen LogP contribution in [-0.2, 0) is 0 Å². The average Bonchev–Trinajstić information content (AvgIpc) is 2.65. The minimum atomic E-state index is 0.772. The first-order chi connectivity index (χ1) is 8.54. The van der Waals surface area contributed by atoms with Crippen molar-refractivity contribution in [1.82, 2.24) is 0 Å². The van der Waals surface area contributed by atoms with Crippen molar-refractivity contribution >= 4 is 23.4 Å². The number of hydrogen-bond acceptors (Lipinski definition) is 1. The van der Waals surface area contributed by atoms with Gasteiger partial charge >= 0.3 is 0 Å². The van der Waals surface area contributed by atoms with Gasteiger partial charge in [0.1, 0.15) is 0 Å². The Hall–Kier alpha value is -0.660. The van der Waals surface area contributed by atoms with Crippen LogP contribution in [0.1, 0.15) is 26.7 Å². The van der Waals surface area contributed by atoms with Crippen LogP contribution in [0.3, 0.4) is 0 Å². The molecule has 0 bridgehead atoms. The maximum atomic E-state index is 5.68. The third-order valence-corrected chi connectivity index (χ3v) is 4.29. The van der Waals surface area contributed by atoms with E-state index in [0.717, 1.165) is 16.9 Å². The summed E-state index contributed by atoms with van der Waals surface area (Å²) in [4.78, 5) is 1.17. The molecule has 0 saturated heterocycles. The summed E-state index contributed by atoms with van der Waals surface area (Å²) in [7, 11) is 0. The quantitative estimate of drug-likeness (QED) is 0.460. The average molecular weight is 281 g/mol. The minimum absolute atomic E-state index is 0.772. The van der Waals surface area contributed by atoms with Crippen molar-refractivity contribution in [3.63, 3.8) is 0 Å². The molecule has 2 rings (SSSR count). The molecule has 0 nitrogen and oxygen atoms in total. The molecule has 1 aliphatic rings. The zero-order valence-electron chi connectivity index (χ0n) is 11.2. The lowest BCUT2D eigenvalue weighted by molar-refractivity contribution is 0.677. The van der Waals surface area contributed by atoms with E-state index in [9.17, 15) is 0 Å². The summed E-state index contributed by atoms with van der Waals surface area (Å²) in [5.41, 5.74) is 1.46. The summed E-state index contributed by atoms with van der Waals surface area (Å²) in [6.45, 7) is 12.2. The van der Waals surface area contributed by atoms with Gasteiger partial charge in [-0.25, -0.2) is 0 Å². The Kier molecular flexibility index (Phi) is 6.59. The summed E-state index contributed by atoms with van der Waals surface area (Å²) in [5.74, 6) is 1.59. The molecule has 0 amide bonds. The fraction of sp³-hybridized carbons (Fsp3) is 0.375. The Morgan fingerprint density at radius 2 is 1.67 bits per heavy atom. The van der Waals surface area contributed by atoms with E-state index in [1.165, 1.54) is 23.3 Å². The number of rotatable bonds is 2. The number of thioether (sulfide) groups is 1. The standard InChI is InChI=1S/C8H7ClS.C8H14/c1-2-10-8-5-3-7(9)4-6-8;1-6-4-5-7(2)8(6)3/h2-6H,1H2;6-7H,3-5H2,1-2H3. The lowest BCUT2D eigenvalue weighted by Crippen LogP contribution is -1.91. The summed E-state index contributed by atoms with van der Waals surface area (Å²) in [5, 5.41) is 2.57. The van der Waals surface area contributed by atoms with Gasteiger partial charge in [-0.3, -0.25) is 0 Å². The topological polar surface area (TPSA) is 0 Å². The molecule has 2 unspecified atom stereocenters. The van der Waals surface area contributed by atoms with Crippen molar-refractivity contribution in [2.75, 3.05) is 0 Å². The van der Waals surface area contributed by atoms with Crippen LogP contribution in [0.25, 0.3) is 0 Å². The molecular weight excluding hydrogens is 260 g/mol. The van der Waals surface area contributed by atoms with Crippen LogP contribution in [0.4, 0.5) is 0 Å². The van der Waals surface area contributed by atoms with E-state index in [2.05, 4.69) is 27.0 Å². The van der Waals surface area contributed by atoms with E-state index in [0.29, 0.717) is 0 Å². The molecule has 0 heterocycles. The van der Waals surface area contributed by atoms with E-state index >= 15 is 0 Å². The van der Waals surface area contributed by atoms with Crippen LogP contribution in [0, 0.1) is 11.8 Å². The lowest BCUT2D eigenvalue weighted by atomic mass is 10.0. The monoisotopic (exact) mass is 280 g/mol. The highest BCUT2D eigenvalue weighted by atomic mass is 35.5. The molecule has 1 fully saturated rings. The molecule has 1 aromatic rings. The predicted molar refractivity (Wildman–Crippen MR) is 84.2 cm³/mol. The van der Waals surface area contributed by atoms with Gasteiger partial charge in [-0.05, 0) is 54.4 Å². The SMILES string of the molecule is C=C1C(C)CCC1C.C=CSc1ccc(Cl)cc1. The second-order valence-corrected chi connectivity index (χ2v) is 6.17. The van der Waals surface area contributed by atoms with Crippen LogP contribution >= 0.6 is 23.4 Å². The maximum absolute atomic E-state index is 5.68. The molecule has 0 radical (unpaired) electrons. The van der Waals surface area contributed by atoms with Gasteiger partial charge in [-0.2, -0.15) is 0 Å². The summed E-state index contributed by atoms with van der Waals surface area (Å²) in [6, 6.07) is 7.67. The van der Waals surface area contributed by atoms with Crippen molar-refractivity contribution in [3.05, 3.63) is 53.4 Å². The maximum Gasteiger partial charge on any atom is 0.0406 e. The normalized spacial score (nSPS) is 22.3. The van der Waals surface area contributed by atoms with Crippen molar-refractivity contribution in [2.45, 2.75) is 31.6 Å². The van der Waals surface area contributed by atoms with E-state index in [1.54, 1.807) is 17.2 Å². The van der Waals surface area contributed by atoms with Crippen molar-refractivity contribution in [1.29, 1.82) is 0 Å². The second kappa shape index (κ2) is 7.70. The van der Waals surface area contributed by atoms with E-state index in [-0.39, 0.29) is 0 Å². The number of benzene rings is 1. The van der Waals surface area contributed by atoms with Gasteiger partial charge in [0.05, 0.1) is 0 Å². The molecule has 0 aromatic heterocycles. The first-order valence-corrected chi connectivity index (χ1v) is 7.52. The zero-order valence-corrected chi connectivity index (χ0v) is 12.7. The molecule has 18 heavy (non-hydrogen) atoms. The smallest absolute Gasteiger partial charge is 0.0406 e. The van der Waals surface area contributed by atoms with Gasteiger partial charge in [0.15, 0.2) is 0 Å². The first-order valence-electron chi connectivity index (χ1n) is 6.26. The Bertz CT molecular complexity index is 382. The van der Waals surface area contributed by atoms with Crippen LogP contribution in [0.15, 0.2) is 53.3 Å².